The summed E-state index contributed by atoms with van der Waals surface area (Å²) < 4.78 is 14.2. The van der Waals surface area contributed by atoms with Crippen molar-refractivity contribution < 1.29 is 4.39 Å². The average Bonchev–Trinajstić information content (AvgIpc) is 2.87. The normalized spacial score (nSPS) is 18.5. The Balaban J connectivity index is 1.80. The number of hydrogen-bond donors (Lipinski definition) is 1. The monoisotopic (exact) mass is 348 g/mol. The summed E-state index contributed by atoms with van der Waals surface area (Å²) in [6.45, 7) is 3.32. The van der Waals surface area contributed by atoms with E-state index < -0.39 is 0 Å². The second kappa shape index (κ2) is 8.51. The minimum absolute atomic E-state index is 0.247. The summed E-state index contributed by atoms with van der Waals surface area (Å²) in [5, 5.41) is 3.86. The van der Waals surface area contributed by atoms with Crippen LogP contribution in [-0.4, -0.2) is 34.0 Å². The molecule has 0 spiro atoms. The van der Waals surface area contributed by atoms with Gasteiger partial charge in [-0.05, 0) is 44.5 Å². The van der Waals surface area contributed by atoms with Gasteiger partial charge in [-0.3, -0.25) is 4.90 Å². The van der Waals surface area contributed by atoms with E-state index in [1.165, 1.54) is 12.4 Å². The van der Waals surface area contributed by atoms with E-state index in [1.54, 1.807) is 12.1 Å². The molecular weight excluding hydrogens is 327 g/mol. The van der Waals surface area contributed by atoms with Crippen molar-refractivity contribution in [3.05, 3.63) is 58.9 Å². The van der Waals surface area contributed by atoms with E-state index >= 15 is 0 Å². The van der Waals surface area contributed by atoms with Crippen LogP contribution in [0, 0.1) is 5.82 Å². The maximum Gasteiger partial charge on any atom is 0.129 e. The first-order chi connectivity index (χ1) is 11.7. The summed E-state index contributed by atoms with van der Waals surface area (Å²) in [7, 11) is 0. The van der Waals surface area contributed by atoms with Gasteiger partial charge in [-0.1, -0.05) is 17.7 Å². The number of nitrogens with zero attached hydrogens (tertiary/aromatic N) is 3. The average molecular weight is 349 g/mol. The third-order valence-electron chi connectivity index (χ3n) is 4.45. The fourth-order valence-corrected chi connectivity index (χ4v) is 3.35. The SMILES string of the molecule is Fc1cc(Cl)ccc1CN(Cc1cncnc1)C1CCCNCC1. The highest BCUT2D eigenvalue weighted by atomic mass is 35.5. The smallest absolute Gasteiger partial charge is 0.129 e. The molecule has 0 bridgehead atoms. The Hall–Kier alpha value is -1.56. The summed E-state index contributed by atoms with van der Waals surface area (Å²) in [6, 6.07) is 5.32. The van der Waals surface area contributed by atoms with Crippen molar-refractivity contribution in [2.24, 2.45) is 0 Å². The second-order valence-corrected chi connectivity index (χ2v) is 6.66. The Morgan fingerprint density at radius 3 is 2.79 bits per heavy atom. The van der Waals surface area contributed by atoms with Gasteiger partial charge < -0.3 is 5.32 Å². The third kappa shape index (κ3) is 4.72. The van der Waals surface area contributed by atoms with E-state index in [0.717, 1.165) is 37.9 Å². The molecule has 2 heterocycles. The van der Waals surface area contributed by atoms with Gasteiger partial charge in [-0.15, -0.1) is 0 Å². The number of benzene rings is 1. The van der Waals surface area contributed by atoms with Crippen LogP contribution in [0.15, 0.2) is 36.9 Å². The van der Waals surface area contributed by atoms with Crippen molar-refractivity contribution >= 4 is 11.6 Å². The summed E-state index contributed by atoms with van der Waals surface area (Å²) in [4.78, 5) is 10.5. The number of hydrogen-bond acceptors (Lipinski definition) is 4. The lowest BCUT2D eigenvalue weighted by atomic mass is 10.0. The fourth-order valence-electron chi connectivity index (χ4n) is 3.19. The maximum atomic E-state index is 14.2. The quantitative estimate of drug-likeness (QED) is 0.899. The van der Waals surface area contributed by atoms with Crippen molar-refractivity contribution in [1.82, 2.24) is 20.2 Å². The molecule has 3 rings (SSSR count). The Bertz CT molecular complexity index is 645. The molecule has 0 aliphatic carbocycles. The Kier molecular flexibility index (Phi) is 6.12. The molecule has 1 saturated heterocycles. The molecular formula is C18H22ClFN4. The van der Waals surface area contributed by atoms with Crippen LogP contribution in [0.3, 0.4) is 0 Å². The molecule has 24 heavy (non-hydrogen) atoms. The van der Waals surface area contributed by atoms with Crippen LogP contribution in [0.1, 0.15) is 30.4 Å². The van der Waals surface area contributed by atoms with E-state index in [0.29, 0.717) is 29.7 Å². The Morgan fingerprint density at radius 1 is 1.17 bits per heavy atom. The lowest BCUT2D eigenvalue weighted by Gasteiger charge is -2.31. The molecule has 6 heteroatoms. The van der Waals surface area contributed by atoms with Gasteiger partial charge in [0.05, 0.1) is 0 Å². The highest BCUT2D eigenvalue weighted by Gasteiger charge is 2.21. The largest absolute Gasteiger partial charge is 0.317 e. The summed E-state index contributed by atoms with van der Waals surface area (Å²) in [5.41, 5.74) is 1.72. The zero-order chi connectivity index (χ0) is 16.8. The number of rotatable bonds is 5. The summed E-state index contributed by atoms with van der Waals surface area (Å²) in [6.07, 6.45) is 8.48. The zero-order valence-electron chi connectivity index (χ0n) is 13.6. The first-order valence-corrected chi connectivity index (χ1v) is 8.73. The fraction of sp³-hybridized carbons (Fsp3) is 0.444. The third-order valence-corrected chi connectivity index (χ3v) is 4.68. The van der Waals surface area contributed by atoms with Crippen molar-refractivity contribution in [2.75, 3.05) is 13.1 Å². The van der Waals surface area contributed by atoms with Crippen LogP contribution in [0.2, 0.25) is 5.02 Å². The lowest BCUT2D eigenvalue weighted by molar-refractivity contribution is 0.162. The molecule has 1 aromatic heterocycles. The topological polar surface area (TPSA) is 41.1 Å². The van der Waals surface area contributed by atoms with Crippen LogP contribution in [0.4, 0.5) is 4.39 Å². The summed E-state index contributed by atoms with van der Waals surface area (Å²) >= 11 is 5.88. The van der Waals surface area contributed by atoms with Gasteiger partial charge in [0.15, 0.2) is 0 Å². The molecule has 1 fully saturated rings. The van der Waals surface area contributed by atoms with E-state index in [1.807, 2.05) is 12.4 Å². The van der Waals surface area contributed by atoms with Crippen LogP contribution < -0.4 is 5.32 Å². The lowest BCUT2D eigenvalue weighted by Crippen LogP contribution is -2.35. The van der Waals surface area contributed by atoms with Gasteiger partial charge >= 0.3 is 0 Å². The van der Waals surface area contributed by atoms with Crippen molar-refractivity contribution in [3.63, 3.8) is 0 Å². The number of nitrogens with one attached hydrogen (secondary N) is 1. The van der Waals surface area contributed by atoms with Crippen LogP contribution in [-0.2, 0) is 13.1 Å². The molecule has 2 aromatic rings. The first-order valence-electron chi connectivity index (χ1n) is 8.35. The number of aromatic nitrogens is 2. The molecule has 1 aliphatic rings. The first kappa shape index (κ1) is 17.3. The minimum Gasteiger partial charge on any atom is -0.317 e. The molecule has 4 nitrogen and oxygen atoms in total. The van der Waals surface area contributed by atoms with Gasteiger partial charge in [0.1, 0.15) is 12.1 Å². The van der Waals surface area contributed by atoms with Gasteiger partial charge in [0.25, 0.3) is 0 Å². The molecule has 1 aromatic carbocycles. The standard InChI is InChI=1S/C18H22ClFN4/c19-16-4-3-15(18(20)8-16)12-24(11-14-9-22-13-23-10-14)17-2-1-6-21-7-5-17/h3-4,8-10,13,17,21H,1-2,5-7,11-12H2. The van der Waals surface area contributed by atoms with Crippen LogP contribution in [0.25, 0.3) is 0 Å². The van der Waals surface area contributed by atoms with Gasteiger partial charge in [0, 0.05) is 47.7 Å². The molecule has 0 amide bonds. The molecule has 0 radical (unpaired) electrons. The van der Waals surface area contributed by atoms with Crippen LogP contribution >= 0.6 is 11.6 Å². The van der Waals surface area contributed by atoms with Crippen molar-refractivity contribution in [3.8, 4) is 0 Å². The zero-order valence-corrected chi connectivity index (χ0v) is 14.3. The predicted octanol–water partition coefficient (Wildman–Crippen LogP) is 3.41. The van der Waals surface area contributed by atoms with Crippen LogP contribution in [0.5, 0.6) is 0 Å². The summed E-state index contributed by atoms with van der Waals surface area (Å²) in [5.74, 6) is -0.247. The highest BCUT2D eigenvalue weighted by molar-refractivity contribution is 6.30. The predicted molar refractivity (Wildman–Crippen MR) is 93.2 cm³/mol. The molecule has 1 atom stereocenters. The Labute approximate surface area is 147 Å². The van der Waals surface area contributed by atoms with E-state index in [9.17, 15) is 4.39 Å². The van der Waals surface area contributed by atoms with E-state index in [-0.39, 0.29) is 5.82 Å². The molecule has 1 aliphatic heterocycles. The van der Waals surface area contributed by atoms with E-state index in [4.69, 9.17) is 11.6 Å². The maximum absolute atomic E-state index is 14.2. The molecule has 0 saturated carbocycles. The van der Waals surface area contributed by atoms with Gasteiger partial charge in [-0.25, -0.2) is 14.4 Å². The van der Waals surface area contributed by atoms with E-state index in [2.05, 4.69) is 20.2 Å². The molecule has 1 N–H and O–H groups in total. The Morgan fingerprint density at radius 2 is 2.00 bits per heavy atom. The number of halogens is 2. The second-order valence-electron chi connectivity index (χ2n) is 6.22. The minimum atomic E-state index is -0.247. The molecule has 128 valence electrons. The van der Waals surface area contributed by atoms with Crippen molar-refractivity contribution in [1.29, 1.82) is 0 Å². The van der Waals surface area contributed by atoms with Crippen molar-refractivity contribution in [2.45, 2.75) is 38.4 Å². The van der Waals surface area contributed by atoms with Gasteiger partial charge in [0.2, 0.25) is 0 Å². The van der Waals surface area contributed by atoms with Gasteiger partial charge in [-0.2, -0.15) is 0 Å². The molecule has 1 unspecified atom stereocenters. The highest BCUT2D eigenvalue weighted by Crippen LogP contribution is 2.22.